The molecule has 208 valence electrons. The molecule has 38 heavy (non-hydrogen) atoms. The van der Waals surface area contributed by atoms with Crippen molar-refractivity contribution in [3.05, 3.63) is 51.4 Å². The van der Waals surface area contributed by atoms with Crippen molar-refractivity contribution in [2.45, 2.75) is 76.7 Å². The highest BCUT2D eigenvalue weighted by Gasteiger charge is 2.37. The second-order valence-corrected chi connectivity index (χ2v) is 11.6. The van der Waals surface area contributed by atoms with Crippen LogP contribution in [0, 0.1) is 17.8 Å². The Labute approximate surface area is 226 Å². The predicted octanol–water partition coefficient (Wildman–Crippen LogP) is 6.23. The lowest BCUT2D eigenvalue weighted by atomic mass is 9.85. The second-order valence-electron chi connectivity index (χ2n) is 11.2. The van der Waals surface area contributed by atoms with Crippen LogP contribution in [-0.2, 0) is 17.5 Å². The summed E-state index contributed by atoms with van der Waals surface area (Å²) >= 11 is 6.44. The quantitative estimate of drug-likeness (QED) is 0.421. The van der Waals surface area contributed by atoms with Crippen molar-refractivity contribution in [2.75, 3.05) is 30.0 Å². The van der Waals surface area contributed by atoms with Crippen LogP contribution in [0.5, 0.6) is 0 Å². The van der Waals surface area contributed by atoms with E-state index in [1.165, 1.54) is 16.8 Å². The van der Waals surface area contributed by atoms with E-state index in [-0.39, 0.29) is 10.6 Å². The molecule has 0 unspecified atom stereocenters. The van der Waals surface area contributed by atoms with Gasteiger partial charge in [-0.1, -0.05) is 18.5 Å². The van der Waals surface area contributed by atoms with Crippen LogP contribution in [0.3, 0.4) is 0 Å². The Kier molecular flexibility index (Phi) is 8.24. The minimum atomic E-state index is -4.33. The van der Waals surface area contributed by atoms with Crippen LogP contribution in [0.25, 0.3) is 0 Å². The lowest BCUT2D eigenvalue weighted by Gasteiger charge is -2.39. The minimum absolute atomic E-state index is 0.167. The zero-order valence-electron chi connectivity index (χ0n) is 21.7. The summed E-state index contributed by atoms with van der Waals surface area (Å²) in [5, 5.41) is 7.87. The van der Waals surface area contributed by atoms with Gasteiger partial charge < -0.3 is 15.0 Å². The van der Waals surface area contributed by atoms with Crippen LogP contribution in [-0.4, -0.2) is 41.6 Å². The number of alkyl halides is 3. The minimum Gasteiger partial charge on any atom is -0.382 e. The van der Waals surface area contributed by atoms with Gasteiger partial charge in [-0.25, -0.2) is 4.68 Å². The number of anilines is 2. The van der Waals surface area contributed by atoms with Crippen molar-refractivity contribution in [1.29, 1.82) is 0 Å². The van der Waals surface area contributed by atoms with Crippen molar-refractivity contribution >= 4 is 23.0 Å². The normalized spacial score (nSPS) is 26.2. The van der Waals surface area contributed by atoms with E-state index in [2.05, 4.69) is 22.2 Å². The highest BCUT2D eigenvalue weighted by atomic mass is 35.5. The van der Waals surface area contributed by atoms with E-state index in [0.717, 1.165) is 57.2 Å². The van der Waals surface area contributed by atoms with E-state index >= 15 is 0 Å². The van der Waals surface area contributed by atoms with E-state index in [4.69, 9.17) is 16.3 Å². The van der Waals surface area contributed by atoms with Crippen LogP contribution in [0.4, 0.5) is 24.5 Å². The van der Waals surface area contributed by atoms with Crippen LogP contribution in [0.1, 0.15) is 57.4 Å². The summed E-state index contributed by atoms with van der Waals surface area (Å²) in [6, 6.07) is 6.27. The average molecular weight is 553 g/mol. The molecule has 1 aliphatic heterocycles. The lowest BCUT2D eigenvalue weighted by molar-refractivity contribution is -0.137. The van der Waals surface area contributed by atoms with Crippen molar-refractivity contribution in [3.63, 3.8) is 0 Å². The summed E-state index contributed by atoms with van der Waals surface area (Å²) in [5.41, 5.74) is 0.532. The van der Waals surface area contributed by atoms with Crippen molar-refractivity contribution in [3.8, 4) is 0 Å². The lowest BCUT2D eigenvalue weighted by Crippen LogP contribution is -2.41. The molecule has 2 aliphatic carbocycles. The van der Waals surface area contributed by atoms with Crippen LogP contribution in [0.2, 0.25) is 5.02 Å². The maximum atomic E-state index is 13.0. The Bertz CT molecular complexity index is 1140. The number of nitrogens with one attached hydrogen (secondary N) is 1. The molecule has 6 nitrogen and oxygen atoms in total. The average Bonchev–Trinajstić information content (AvgIpc) is 3.73. The Morgan fingerprint density at radius 1 is 1.08 bits per heavy atom. The Balaban J connectivity index is 1.17. The van der Waals surface area contributed by atoms with Gasteiger partial charge in [0, 0.05) is 43.4 Å². The molecule has 2 heterocycles. The van der Waals surface area contributed by atoms with Gasteiger partial charge in [-0.05, 0) is 81.0 Å². The van der Waals surface area contributed by atoms with Crippen LogP contribution < -0.4 is 15.8 Å². The molecule has 2 aromatic rings. The van der Waals surface area contributed by atoms with Gasteiger partial charge in [-0.3, -0.25) is 4.79 Å². The molecule has 1 N–H and O–H groups in total. The summed E-state index contributed by atoms with van der Waals surface area (Å²) in [7, 11) is 0. The molecular formula is C28H36ClF3N4O2. The highest BCUT2D eigenvalue weighted by Crippen LogP contribution is 2.40. The number of rotatable bonds is 8. The number of hydrogen-bond acceptors (Lipinski definition) is 5. The van der Waals surface area contributed by atoms with Gasteiger partial charge in [-0.2, -0.15) is 18.3 Å². The molecule has 1 saturated heterocycles. The number of halogens is 4. The molecular weight excluding hydrogens is 517 g/mol. The van der Waals surface area contributed by atoms with E-state index in [1.54, 1.807) is 18.3 Å². The topological polar surface area (TPSA) is 59.4 Å². The molecule has 5 rings (SSSR count). The molecule has 2 atom stereocenters. The molecule has 0 spiro atoms. The van der Waals surface area contributed by atoms with Crippen molar-refractivity contribution in [2.24, 2.45) is 17.8 Å². The standard InChI is InChI=1S/C28H36ClF3N4O2/c1-18-12-13-38-17-20(18)14-33-25-15-34-35(27(37)26(25)29)16-19-2-6-22(7-3-19)36(24-10-11-24)23-8-4-21(5-9-23)28(30,31)32/h4-5,8-9,15,18-20,22,24,33H,2-3,6-7,10-14,16-17H2,1H3/t18-,19?,20+,22?/m1/s1. The molecule has 0 radical (unpaired) electrons. The van der Waals surface area contributed by atoms with Gasteiger partial charge in [0.15, 0.2) is 0 Å². The first-order chi connectivity index (χ1) is 18.2. The summed E-state index contributed by atoms with van der Waals surface area (Å²) in [5.74, 6) is 1.23. The third-order valence-electron chi connectivity index (χ3n) is 8.47. The van der Waals surface area contributed by atoms with Gasteiger partial charge in [-0.15, -0.1) is 0 Å². The van der Waals surface area contributed by atoms with Gasteiger partial charge in [0.2, 0.25) is 0 Å². The van der Waals surface area contributed by atoms with Gasteiger partial charge in [0.05, 0.1) is 24.1 Å². The summed E-state index contributed by atoms with van der Waals surface area (Å²) in [6.45, 7) is 4.92. The molecule has 3 aliphatic rings. The summed E-state index contributed by atoms with van der Waals surface area (Å²) in [6.07, 6.45) is 4.23. The fourth-order valence-corrected chi connectivity index (χ4v) is 6.08. The van der Waals surface area contributed by atoms with Gasteiger partial charge in [0.25, 0.3) is 5.56 Å². The third-order valence-corrected chi connectivity index (χ3v) is 8.83. The van der Waals surface area contributed by atoms with Crippen molar-refractivity contribution < 1.29 is 17.9 Å². The number of hydrogen-bond donors (Lipinski definition) is 1. The van der Waals surface area contributed by atoms with E-state index in [0.29, 0.717) is 55.2 Å². The molecule has 2 saturated carbocycles. The van der Waals surface area contributed by atoms with Gasteiger partial charge in [0.1, 0.15) is 5.02 Å². The fourth-order valence-electron chi connectivity index (χ4n) is 5.87. The van der Waals surface area contributed by atoms with Crippen LogP contribution >= 0.6 is 11.6 Å². The van der Waals surface area contributed by atoms with E-state index < -0.39 is 11.7 Å². The zero-order valence-corrected chi connectivity index (χ0v) is 22.5. The largest absolute Gasteiger partial charge is 0.416 e. The first-order valence-electron chi connectivity index (χ1n) is 13.7. The Hall–Kier alpha value is -2.26. The first kappa shape index (κ1) is 27.3. The zero-order chi connectivity index (χ0) is 26.9. The van der Waals surface area contributed by atoms with E-state index in [9.17, 15) is 18.0 Å². The molecule has 1 aromatic carbocycles. The maximum absolute atomic E-state index is 13.0. The third kappa shape index (κ3) is 6.30. The Morgan fingerprint density at radius 2 is 1.74 bits per heavy atom. The SMILES string of the molecule is C[C@@H]1CCOC[C@@H]1CNc1cnn(CC2CCC(N(c3ccc(C(F)(F)F)cc3)C3CC3)CC2)c(=O)c1Cl. The smallest absolute Gasteiger partial charge is 0.382 e. The molecule has 0 bridgehead atoms. The monoisotopic (exact) mass is 552 g/mol. The fraction of sp³-hybridized carbons (Fsp3) is 0.643. The Morgan fingerprint density at radius 3 is 2.34 bits per heavy atom. The van der Waals surface area contributed by atoms with E-state index in [1.807, 2.05) is 0 Å². The highest BCUT2D eigenvalue weighted by molar-refractivity contribution is 6.32. The number of nitrogens with zero attached hydrogens (tertiary/aromatic N) is 3. The molecule has 1 aromatic heterocycles. The molecule has 0 amide bonds. The van der Waals surface area contributed by atoms with Crippen molar-refractivity contribution in [1.82, 2.24) is 9.78 Å². The maximum Gasteiger partial charge on any atom is 0.416 e. The van der Waals surface area contributed by atoms with Gasteiger partial charge >= 0.3 is 6.18 Å². The second kappa shape index (κ2) is 11.5. The number of ether oxygens (including phenoxy) is 1. The number of benzene rings is 1. The van der Waals surface area contributed by atoms with Crippen LogP contribution in [0.15, 0.2) is 35.3 Å². The predicted molar refractivity (Wildman–Crippen MR) is 143 cm³/mol. The summed E-state index contributed by atoms with van der Waals surface area (Å²) < 4.78 is 46.1. The molecule has 3 fully saturated rings. The first-order valence-corrected chi connectivity index (χ1v) is 14.1. The number of aromatic nitrogens is 2. The molecule has 10 heteroatoms. The summed E-state index contributed by atoms with van der Waals surface area (Å²) in [4.78, 5) is 15.3.